The molecule has 1 unspecified atom stereocenters. The molecule has 1 atom stereocenters. The number of halogens is 1. The monoisotopic (exact) mass is 256 g/mol. The molecule has 1 rings (SSSR count). The van der Waals surface area contributed by atoms with Crippen molar-refractivity contribution >= 4 is 17.3 Å². The molecule has 0 bridgehead atoms. The molecule has 98 valence electrons. The first-order valence-corrected chi connectivity index (χ1v) is 5.32. The molecule has 1 aromatic rings. The summed E-state index contributed by atoms with van der Waals surface area (Å²) in [5.74, 6) is -1.18. The van der Waals surface area contributed by atoms with Crippen LogP contribution in [0.4, 0.5) is 15.8 Å². The molecule has 0 heterocycles. The molecule has 0 saturated heterocycles. The minimum atomic E-state index is -0.801. The smallest absolute Gasteiger partial charge is 0.328 e. The first kappa shape index (κ1) is 13.9. The summed E-state index contributed by atoms with van der Waals surface area (Å²) in [5.41, 5.74) is -0.354. The van der Waals surface area contributed by atoms with Gasteiger partial charge in [-0.05, 0) is 19.9 Å². The Bertz CT molecular complexity index is 464. The number of nitro benzene ring substituents is 1. The van der Waals surface area contributed by atoms with Crippen molar-refractivity contribution in [3.8, 4) is 0 Å². The molecule has 0 aliphatic rings. The van der Waals surface area contributed by atoms with Crippen LogP contribution in [0.1, 0.15) is 13.8 Å². The van der Waals surface area contributed by atoms with Crippen molar-refractivity contribution < 1.29 is 18.8 Å². The third kappa shape index (κ3) is 3.41. The fourth-order valence-corrected chi connectivity index (χ4v) is 1.34. The Morgan fingerprint density at radius 2 is 2.28 bits per heavy atom. The van der Waals surface area contributed by atoms with Gasteiger partial charge in [-0.3, -0.25) is 10.1 Å². The zero-order valence-electron chi connectivity index (χ0n) is 9.97. The molecule has 0 aromatic heterocycles. The number of rotatable bonds is 5. The number of carbonyl (C=O) groups is 1. The summed E-state index contributed by atoms with van der Waals surface area (Å²) in [6.07, 6.45) is 0. The topological polar surface area (TPSA) is 81.5 Å². The van der Waals surface area contributed by atoms with E-state index < -0.39 is 22.8 Å². The molecular formula is C11H13FN2O4. The van der Waals surface area contributed by atoms with Crippen LogP contribution in [0.15, 0.2) is 18.2 Å². The van der Waals surface area contributed by atoms with Crippen molar-refractivity contribution in [2.24, 2.45) is 0 Å². The maximum Gasteiger partial charge on any atom is 0.328 e. The van der Waals surface area contributed by atoms with Gasteiger partial charge in [-0.2, -0.15) is 0 Å². The number of anilines is 1. The number of benzene rings is 1. The Labute approximate surface area is 103 Å². The molecule has 1 N–H and O–H groups in total. The summed E-state index contributed by atoms with van der Waals surface area (Å²) in [6.45, 7) is 3.33. The van der Waals surface area contributed by atoms with Crippen molar-refractivity contribution in [3.63, 3.8) is 0 Å². The summed E-state index contributed by atoms with van der Waals surface area (Å²) in [7, 11) is 0. The second-order valence-corrected chi connectivity index (χ2v) is 3.54. The standard InChI is InChI=1S/C11H13FN2O4/c1-3-18-11(15)7(2)13-9-6-8(12)4-5-10(9)14(16)17/h4-7,13H,3H2,1-2H3. The lowest BCUT2D eigenvalue weighted by molar-refractivity contribution is -0.384. The number of hydrogen-bond donors (Lipinski definition) is 1. The molecule has 0 fully saturated rings. The van der Waals surface area contributed by atoms with Crippen molar-refractivity contribution in [1.29, 1.82) is 0 Å². The predicted octanol–water partition coefficient (Wildman–Crippen LogP) is 2.10. The first-order chi connectivity index (χ1) is 8.45. The van der Waals surface area contributed by atoms with E-state index >= 15 is 0 Å². The minimum Gasteiger partial charge on any atom is -0.464 e. The van der Waals surface area contributed by atoms with Gasteiger partial charge in [-0.15, -0.1) is 0 Å². The van der Waals surface area contributed by atoms with Crippen LogP contribution in [0.3, 0.4) is 0 Å². The van der Waals surface area contributed by atoms with Crippen LogP contribution in [0.2, 0.25) is 0 Å². The van der Waals surface area contributed by atoms with Gasteiger partial charge in [0.15, 0.2) is 0 Å². The van der Waals surface area contributed by atoms with Crippen LogP contribution in [0.25, 0.3) is 0 Å². The normalized spacial score (nSPS) is 11.7. The van der Waals surface area contributed by atoms with E-state index in [1.165, 1.54) is 6.92 Å². The Hall–Kier alpha value is -2.18. The largest absolute Gasteiger partial charge is 0.464 e. The van der Waals surface area contributed by atoms with Gasteiger partial charge in [0, 0.05) is 12.1 Å². The van der Waals surface area contributed by atoms with Crippen LogP contribution in [0.5, 0.6) is 0 Å². The second kappa shape index (κ2) is 5.95. The Balaban J connectivity index is 2.92. The Kier molecular flexibility index (Phi) is 4.59. The van der Waals surface area contributed by atoms with Gasteiger partial charge in [0.05, 0.1) is 11.5 Å². The van der Waals surface area contributed by atoms with Crippen LogP contribution < -0.4 is 5.32 Å². The second-order valence-electron chi connectivity index (χ2n) is 3.54. The number of nitro groups is 1. The highest BCUT2D eigenvalue weighted by molar-refractivity contribution is 5.80. The molecule has 0 amide bonds. The average molecular weight is 256 g/mol. The SMILES string of the molecule is CCOC(=O)C(C)Nc1cc(F)ccc1[N+](=O)[O-]. The van der Waals surface area contributed by atoms with Gasteiger partial charge < -0.3 is 10.1 Å². The molecule has 7 heteroatoms. The lowest BCUT2D eigenvalue weighted by atomic mass is 10.2. The highest BCUT2D eigenvalue weighted by atomic mass is 19.1. The molecule has 0 aliphatic carbocycles. The molecule has 6 nitrogen and oxygen atoms in total. The van der Waals surface area contributed by atoms with Crippen molar-refractivity contribution in [1.82, 2.24) is 0 Å². The van der Waals surface area contributed by atoms with E-state index in [4.69, 9.17) is 4.74 Å². The number of hydrogen-bond acceptors (Lipinski definition) is 5. The van der Waals surface area contributed by atoms with Gasteiger partial charge in [0.25, 0.3) is 5.69 Å². The third-order valence-electron chi connectivity index (χ3n) is 2.17. The van der Waals surface area contributed by atoms with Crippen LogP contribution >= 0.6 is 0 Å². The van der Waals surface area contributed by atoms with E-state index in [2.05, 4.69) is 5.32 Å². The van der Waals surface area contributed by atoms with E-state index in [9.17, 15) is 19.3 Å². The molecule has 1 aromatic carbocycles. The minimum absolute atomic E-state index is 0.0550. The zero-order chi connectivity index (χ0) is 13.7. The Morgan fingerprint density at radius 3 is 2.83 bits per heavy atom. The quantitative estimate of drug-likeness (QED) is 0.495. The zero-order valence-corrected chi connectivity index (χ0v) is 9.97. The summed E-state index contributed by atoms with van der Waals surface area (Å²) < 4.78 is 17.8. The van der Waals surface area contributed by atoms with E-state index in [0.29, 0.717) is 0 Å². The van der Waals surface area contributed by atoms with E-state index in [-0.39, 0.29) is 18.0 Å². The fourth-order valence-electron chi connectivity index (χ4n) is 1.34. The van der Waals surface area contributed by atoms with E-state index in [0.717, 1.165) is 18.2 Å². The summed E-state index contributed by atoms with van der Waals surface area (Å²) in [4.78, 5) is 21.4. The van der Waals surface area contributed by atoms with Gasteiger partial charge >= 0.3 is 5.97 Å². The lowest BCUT2D eigenvalue weighted by Gasteiger charge is -2.13. The predicted molar refractivity (Wildman–Crippen MR) is 62.8 cm³/mol. The molecule has 0 aliphatic heterocycles. The first-order valence-electron chi connectivity index (χ1n) is 5.32. The number of nitrogens with zero attached hydrogens (tertiary/aromatic N) is 1. The average Bonchev–Trinajstić information content (AvgIpc) is 2.28. The van der Waals surface area contributed by atoms with Crippen molar-refractivity contribution in [2.45, 2.75) is 19.9 Å². The fraction of sp³-hybridized carbons (Fsp3) is 0.364. The third-order valence-corrected chi connectivity index (χ3v) is 2.17. The molecule has 0 spiro atoms. The molecule has 18 heavy (non-hydrogen) atoms. The Morgan fingerprint density at radius 1 is 1.61 bits per heavy atom. The van der Waals surface area contributed by atoms with Crippen LogP contribution in [0, 0.1) is 15.9 Å². The summed E-state index contributed by atoms with van der Waals surface area (Å²) >= 11 is 0. The van der Waals surface area contributed by atoms with Crippen LogP contribution in [-0.4, -0.2) is 23.5 Å². The number of ether oxygens (including phenoxy) is 1. The van der Waals surface area contributed by atoms with Gasteiger partial charge in [0.2, 0.25) is 0 Å². The lowest BCUT2D eigenvalue weighted by Crippen LogP contribution is -2.28. The number of carbonyl (C=O) groups excluding carboxylic acids is 1. The van der Waals surface area contributed by atoms with E-state index in [1.54, 1.807) is 6.92 Å². The molecule has 0 radical (unpaired) electrons. The van der Waals surface area contributed by atoms with Gasteiger partial charge in [-0.25, -0.2) is 9.18 Å². The highest BCUT2D eigenvalue weighted by Gasteiger charge is 2.20. The van der Waals surface area contributed by atoms with Crippen molar-refractivity contribution in [3.05, 3.63) is 34.1 Å². The van der Waals surface area contributed by atoms with Crippen molar-refractivity contribution in [2.75, 3.05) is 11.9 Å². The summed E-state index contributed by atoms with van der Waals surface area (Å²) in [5, 5.41) is 13.3. The van der Waals surface area contributed by atoms with Gasteiger partial charge in [-0.1, -0.05) is 0 Å². The summed E-state index contributed by atoms with van der Waals surface area (Å²) in [6, 6.07) is 2.19. The highest BCUT2D eigenvalue weighted by Crippen LogP contribution is 2.25. The molecule has 0 saturated carbocycles. The number of nitrogens with one attached hydrogen (secondary N) is 1. The number of esters is 1. The maximum absolute atomic E-state index is 13.0. The maximum atomic E-state index is 13.0. The van der Waals surface area contributed by atoms with E-state index in [1.807, 2.05) is 0 Å². The molecular weight excluding hydrogens is 243 g/mol. The van der Waals surface area contributed by atoms with Crippen LogP contribution in [-0.2, 0) is 9.53 Å². The van der Waals surface area contributed by atoms with Gasteiger partial charge in [0.1, 0.15) is 17.5 Å².